The van der Waals surface area contributed by atoms with E-state index < -0.39 is 11.7 Å². The van der Waals surface area contributed by atoms with Crippen LogP contribution in [0.25, 0.3) is 0 Å². The zero-order valence-corrected chi connectivity index (χ0v) is 9.18. The van der Waals surface area contributed by atoms with Crippen molar-refractivity contribution >= 4 is 0 Å². The van der Waals surface area contributed by atoms with E-state index in [9.17, 15) is 10.2 Å². The first kappa shape index (κ1) is 12.2. The maximum absolute atomic E-state index is 9.69. The van der Waals surface area contributed by atoms with E-state index in [1.54, 1.807) is 13.8 Å². The molecule has 84 valence electrons. The minimum atomic E-state index is -1.19. The number of hydrogen-bond acceptors (Lipinski definition) is 3. The van der Waals surface area contributed by atoms with Crippen molar-refractivity contribution in [2.24, 2.45) is 0 Å². The Hall–Kier alpha value is -0.900. The molecule has 0 aliphatic rings. The second-order valence-electron chi connectivity index (χ2n) is 4.01. The van der Waals surface area contributed by atoms with E-state index >= 15 is 0 Å². The Bertz CT molecular complexity index is 280. The number of aliphatic hydroxyl groups is 2. The molecule has 0 aliphatic carbocycles. The third-order valence-electron chi connectivity index (χ3n) is 2.41. The molecule has 1 aromatic rings. The molecule has 0 saturated carbocycles. The van der Waals surface area contributed by atoms with Crippen LogP contribution >= 0.6 is 0 Å². The summed E-state index contributed by atoms with van der Waals surface area (Å²) in [7, 11) is 0. The van der Waals surface area contributed by atoms with Gasteiger partial charge in [0.2, 0.25) is 0 Å². The third-order valence-corrected chi connectivity index (χ3v) is 2.41. The lowest BCUT2D eigenvalue weighted by atomic mass is 10.0. The predicted octanol–water partition coefficient (Wildman–Crippen LogP) is 1.33. The maximum atomic E-state index is 9.69. The fourth-order valence-electron chi connectivity index (χ4n) is 1.07. The van der Waals surface area contributed by atoms with Crippen LogP contribution in [0.3, 0.4) is 0 Å². The molecule has 15 heavy (non-hydrogen) atoms. The van der Waals surface area contributed by atoms with Crippen LogP contribution in [-0.2, 0) is 11.3 Å². The van der Waals surface area contributed by atoms with Crippen LogP contribution in [0.15, 0.2) is 30.3 Å². The molecule has 0 radical (unpaired) electrons. The van der Waals surface area contributed by atoms with Crippen molar-refractivity contribution in [2.75, 3.05) is 6.61 Å². The molecule has 0 fully saturated rings. The second kappa shape index (κ2) is 5.26. The highest BCUT2D eigenvalue weighted by molar-refractivity contribution is 5.13. The molecule has 0 amide bonds. The lowest BCUT2D eigenvalue weighted by molar-refractivity contribution is -0.105. The van der Waals surface area contributed by atoms with Gasteiger partial charge in [0.15, 0.2) is 0 Å². The van der Waals surface area contributed by atoms with Crippen LogP contribution < -0.4 is 0 Å². The normalized spacial score (nSPS) is 17.1. The predicted molar refractivity (Wildman–Crippen MR) is 58.4 cm³/mol. The molecule has 2 N–H and O–H groups in total. The van der Waals surface area contributed by atoms with Gasteiger partial charge in [0.1, 0.15) is 5.60 Å². The van der Waals surface area contributed by atoms with Gasteiger partial charge in [-0.3, -0.25) is 0 Å². The molecule has 3 heteroatoms. The summed E-state index contributed by atoms with van der Waals surface area (Å²) < 4.78 is 5.34. The van der Waals surface area contributed by atoms with E-state index in [1.807, 2.05) is 30.3 Å². The largest absolute Gasteiger partial charge is 0.390 e. The van der Waals surface area contributed by atoms with Gasteiger partial charge in [-0.25, -0.2) is 0 Å². The van der Waals surface area contributed by atoms with Crippen molar-refractivity contribution in [1.29, 1.82) is 0 Å². The fraction of sp³-hybridized carbons (Fsp3) is 0.500. The summed E-state index contributed by atoms with van der Waals surface area (Å²) in [6, 6.07) is 9.72. The summed E-state index contributed by atoms with van der Waals surface area (Å²) in [6.07, 6.45) is -0.798. The van der Waals surface area contributed by atoms with E-state index in [0.29, 0.717) is 6.61 Å². The summed E-state index contributed by atoms with van der Waals surface area (Å²) in [6.45, 7) is 3.68. The lowest BCUT2D eigenvalue weighted by Crippen LogP contribution is -2.41. The Morgan fingerprint density at radius 2 is 1.93 bits per heavy atom. The summed E-state index contributed by atoms with van der Waals surface area (Å²) >= 11 is 0. The molecular formula is C12H18O3. The molecule has 0 saturated heterocycles. The van der Waals surface area contributed by atoms with Gasteiger partial charge in [0.05, 0.1) is 19.3 Å². The second-order valence-corrected chi connectivity index (χ2v) is 4.01. The first-order valence-corrected chi connectivity index (χ1v) is 5.04. The van der Waals surface area contributed by atoms with Crippen molar-refractivity contribution in [3.63, 3.8) is 0 Å². The Morgan fingerprint density at radius 3 is 2.47 bits per heavy atom. The SMILES string of the molecule is C[C@H](O)[C@](C)(O)COCc1ccccc1. The minimum Gasteiger partial charge on any atom is -0.390 e. The summed E-state index contributed by atoms with van der Waals surface area (Å²) in [5, 5.41) is 18.9. The Morgan fingerprint density at radius 1 is 1.33 bits per heavy atom. The third kappa shape index (κ3) is 4.00. The van der Waals surface area contributed by atoms with Crippen molar-refractivity contribution < 1.29 is 14.9 Å². The summed E-state index contributed by atoms with van der Waals surface area (Å²) in [5.74, 6) is 0. The van der Waals surface area contributed by atoms with Gasteiger partial charge in [-0.15, -0.1) is 0 Å². The van der Waals surface area contributed by atoms with Crippen LogP contribution in [0.2, 0.25) is 0 Å². The van der Waals surface area contributed by atoms with E-state index in [4.69, 9.17) is 4.74 Å². The first-order valence-electron chi connectivity index (χ1n) is 5.04. The van der Waals surface area contributed by atoms with E-state index in [1.165, 1.54) is 0 Å². The van der Waals surface area contributed by atoms with E-state index in [0.717, 1.165) is 5.56 Å². The average molecular weight is 210 g/mol. The van der Waals surface area contributed by atoms with Crippen LogP contribution in [0.4, 0.5) is 0 Å². The topological polar surface area (TPSA) is 49.7 Å². The zero-order chi connectivity index (χ0) is 11.3. The monoisotopic (exact) mass is 210 g/mol. The number of ether oxygens (including phenoxy) is 1. The highest BCUT2D eigenvalue weighted by atomic mass is 16.5. The van der Waals surface area contributed by atoms with Crippen molar-refractivity contribution in [3.8, 4) is 0 Å². The van der Waals surface area contributed by atoms with Gasteiger partial charge >= 0.3 is 0 Å². The standard InChI is InChI=1S/C12H18O3/c1-10(13)12(2,14)9-15-8-11-6-4-3-5-7-11/h3-7,10,13-14H,8-9H2,1-2H3/t10-,12+/m0/s1. The van der Waals surface area contributed by atoms with Gasteiger partial charge in [0.25, 0.3) is 0 Å². The summed E-state index contributed by atoms with van der Waals surface area (Å²) in [5.41, 5.74) is -0.131. The molecular weight excluding hydrogens is 192 g/mol. The molecule has 1 aromatic carbocycles. The fourth-order valence-corrected chi connectivity index (χ4v) is 1.07. The van der Waals surface area contributed by atoms with Crippen LogP contribution in [0, 0.1) is 0 Å². The van der Waals surface area contributed by atoms with Gasteiger partial charge in [0, 0.05) is 0 Å². The molecule has 0 spiro atoms. The van der Waals surface area contributed by atoms with Gasteiger partial charge in [-0.05, 0) is 19.4 Å². The van der Waals surface area contributed by atoms with Crippen LogP contribution in [-0.4, -0.2) is 28.5 Å². The highest BCUT2D eigenvalue weighted by Gasteiger charge is 2.26. The van der Waals surface area contributed by atoms with Crippen molar-refractivity contribution in [3.05, 3.63) is 35.9 Å². The Balaban J connectivity index is 2.34. The van der Waals surface area contributed by atoms with E-state index in [-0.39, 0.29) is 6.61 Å². The average Bonchev–Trinajstić information content (AvgIpc) is 2.19. The molecule has 2 atom stereocenters. The van der Waals surface area contributed by atoms with Crippen molar-refractivity contribution in [1.82, 2.24) is 0 Å². The molecule has 0 heterocycles. The number of rotatable bonds is 5. The zero-order valence-electron chi connectivity index (χ0n) is 9.18. The highest BCUT2D eigenvalue weighted by Crippen LogP contribution is 2.11. The van der Waals surface area contributed by atoms with Gasteiger partial charge in [-0.1, -0.05) is 30.3 Å². The molecule has 1 rings (SSSR count). The van der Waals surface area contributed by atoms with Crippen LogP contribution in [0.5, 0.6) is 0 Å². The van der Waals surface area contributed by atoms with Crippen LogP contribution in [0.1, 0.15) is 19.4 Å². The number of hydrogen-bond donors (Lipinski definition) is 2. The van der Waals surface area contributed by atoms with E-state index in [2.05, 4.69) is 0 Å². The van der Waals surface area contributed by atoms with Crippen molar-refractivity contribution in [2.45, 2.75) is 32.2 Å². The first-order chi connectivity index (χ1) is 7.02. The molecule has 3 nitrogen and oxygen atoms in total. The Kier molecular flexibility index (Phi) is 4.27. The maximum Gasteiger partial charge on any atom is 0.111 e. The number of aliphatic hydroxyl groups excluding tert-OH is 1. The Labute approximate surface area is 90.3 Å². The molecule has 0 aromatic heterocycles. The molecule has 0 bridgehead atoms. The number of benzene rings is 1. The lowest BCUT2D eigenvalue weighted by Gasteiger charge is -2.26. The summed E-state index contributed by atoms with van der Waals surface area (Å²) in [4.78, 5) is 0. The van der Waals surface area contributed by atoms with Gasteiger partial charge < -0.3 is 14.9 Å². The molecule has 0 unspecified atom stereocenters. The molecule has 0 aliphatic heterocycles. The van der Waals surface area contributed by atoms with Gasteiger partial charge in [-0.2, -0.15) is 0 Å². The smallest absolute Gasteiger partial charge is 0.111 e. The quantitative estimate of drug-likeness (QED) is 0.771. The minimum absolute atomic E-state index is 0.125.